The van der Waals surface area contributed by atoms with Crippen molar-refractivity contribution in [2.45, 2.75) is 0 Å². The fourth-order valence-corrected chi connectivity index (χ4v) is 1.99. The first-order valence-corrected chi connectivity index (χ1v) is 5.47. The molecule has 2 heterocycles. The van der Waals surface area contributed by atoms with Crippen LogP contribution in [-0.2, 0) is 0 Å². The molecular formula is C12H9ClN4. The molecule has 0 fully saturated rings. The van der Waals surface area contributed by atoms with Gasteiger partial charge >= 0.3 is 0 Å². The summed E-state index contributed by atoms with van der Waals surface area (Å²) in [5.41, 5.74) is 6.61. The molecule has 3 rings (SSSR count). The van der Waals surface area contributed by atoms with Gasteiger partial charge in [-0.1, -0.05) is 11.6 Å². The van der Waals surface area contributed by atoms with Crippen LogP contribution >= 0.6 is 11.6 Å². The number of aromatic nitrogens is 3. The molecule has 0 bridgehead atoms. The van der Waals surface area contributed by atoms with Crippen molar-refractivity contribution in [1.82, 2.24) is 14.5 Å². The lowest BCUT2D eigenvalue weighted by atomic mass is 10.2. The summed E-state index contributed by atoms with van der Waals surface area (Å²) in [5.74, 6) is 1.01. The zero-order valence-electron chi connectivity index (χ0n) is 8.84. The third-order valence-electron chi connectivity index (χ3n) is 2.56. The molecule has 0 aliphatic heterocycles. The normalized spacial score (nSPS) is 10.9. The van der Waals surface area contributed by atoms with E-state index in [4.69, 9.17) is 17.3 Å². The Hall–Kier alpha value is -2.07. The van der Waals surface area contributed by atoms with E-state index in [1.165, 1.54) is 0 Å². The Labute approximate surface area is 103 Å². The van der Waals surface area contributed by atoms with Gasteiger partial charge in [-0.15, -0.1) is 0 Å². The van der Waals surface area contributed by atoms with Gasteiger partial charge in [0, 0.05) is 22.8 Å². The number of anilines is 1. The van der Waals surface area contributed by atoms with Gasteiger partial charge < -0.3 is 10.3 Å². The molecule has 0 saturated carbocycles. The maximum atomic E-state index is 5.94. The Morgan fingerprint density at radius 1 is 1.18 bits per heavy atom. The minimum absolute atomic E-state index is 0.262. The SMILES string of the molecule is Nc1nccc(-n2ccc3cc(Cl)ccc32)n1. The van der Waals surface area contributed by atoms with E-state index in [2.05, 4.69) is 9.97 Å². The van der Waals surface area contributed by atoms with Gasteiger partial charge in [0.2, 0.25) is 5.95 Å². The average molecular weight is 245 g/mol. The van der Waals surface area contributed by atoms with Crippen LogP contribution in [0, 0.1) is 0 Å². The molecule has 84 valence electrons. The molecule has 4 nitrogen and oxygen atoms in total. The smallest absolute Gasteiger partial charge is 0.221 e. The molecule has 0 unspecified atom stereocenters. The number of benzene rings is 1. The summed E-state index contributed by atoms with van der Waals surface area (Å²) in [6.07, 6.45) is 3.57. The highest BCUT2D eigenvalue weighted by Gasteiger charge is 2.05. The van der Waals surface area contributed by atoms with E-state index >= 15 is 0 Å². The van der Waals surface area contributed by atoms with Crippen molar-refractivity contribution in [2.24, 2.45) is 0 Å². The van der Waals surface area contributed by atoms with E-state index in [9.17, 15) is 0 Å². The lowest BCUT2D eigenvalue weighted by Crippen LogP contribution is -2.00. The third kappa shape index (κ3) is 1.72. The van der Waals surface area contributed by atoms with Crippen LogP contribution in [0.5, 0.6) is 0 Å². The number of hydrogen-bond acceptors (Lipinski definition) is 3. The van der Waals surface area contributed by atoms with Gasteiger partial charge in [0.15, 0.2) is 0 Å². The molecule has 0 amide bonds. The first-order valence-electron chi connectivity index (χ1n) is 5.09. The fraction of sp³-hybridized carbons (Fsp3) is 0. The number of rotatable bonds is 1. The van der Waals surface area contributed by atoms with Gasteiger partial charge in [0.1, 0.15) is 5.82 Å². The molecule has 0 aliphatic carbocycles. The summed E-state index contributed by atoms with van der Waals surface area (Å²) >= 11 is 5.94. The second-order valence-corrected chi connectivity index (χ2v) is 4.10. The lowest BCUT2D eigenvalue weighted by Gasteiger charge is -2.04. The maximum absolute atomic E-state index is 5.94. The predicted molar refractivity (Wildman–Crippen MR) is 68.3 cm³/mol. The molecule has 17 heavy (non-hydrogen) atoms. The van der Waals surface area contributed by atoms with E-state index in [0.29, 0.717) is 0 Å². The first kappa shape index (κ1) is 10.1. The molecule has 0 atom stereocenters. The van der Waals surface area contributed by atoms with E-state index in [-0.39, 0.29) is 5.95 Å². The molecule has 0 radical (unpaired) electrons. The molecule has 1 aromatic carbocycles. The monoisotopic (exact) mass is 244 g/mol. The zero-order valence-corrected chi connectivity index (χ0v) is 9.59. The number of hydrogen-bond donors (Lipinski definition) is 1. The zero-order chi connectivity index (χ0) is 11.8. The second-order valence-electron chi connectivity index (χ2n) is 3.66. The van der Waals surface area contributed by atoms with Crippen molar-refractivity contribution in [3.8, 4) is 5.82 Å². The Kier molecular flexibility index (Phi) is 2.23. The number of halogens is 1. The topological polar surface area (TPSA) is 56.7 Å². The van der Waals surface area contributed by atoms with Crippen LogP contribution < -0.4 is 5.73 Å². The van der Waals surface area contributed by atoms with Crippen molar-refractivity contribution in [3.63, 3.8) is 0 Å². The molecular weight excluding hydrogens is 236 g/mol. The van der Waals surface area contributed by atoms with Crippen molar-refractivity contribution < 1.29 is 0 Å². The number of nitrogens with two attached hydrogens (primary N) is 1. The number of nitrogens with zero attached hydrogens (tertiary/aromatic N) is 3. The van der Waals surface area contributed by atoms with E-state index in [1.54, 1.807) is 6.20 Å². The Balaban J connectivity index is 2.24. The van der Waals surface area contributed by atoms with Gasteiger partial charge in [-0.25, -0.2) is 4.98 Å². The molecule has 3 aromatic rings. The van der Waals surface area contributed by atoms with Crippen LogP contribution in [0.2, 0.25) is 5.02 Å². The van der Waals surface area contributed by atoms with Crippen molar-refractivity contribution in [2.75, 3.05) is 5.73 Å². The minimum atomic E-state index is 0.262. The second kappa shape index (κ2) is 3.75. The van der Waals surface area contributed by atoms with Gasteiger partial charge in [-0.3, -0.25) is 0 Å². The summed E-state index contributed by atoms with van der Waals surface area (Å²) in [4.78, 5) is 8.06. The first-order chi connectivity index (χ1) is 8.24. The van der Waals surface area contributed by atoms with Gasteiger partial charge in [-0.05, 0) is 30.3 Å². The highest BCUT2D eigenvalue weighted by Crippen LogP contribution is 2.22. The van der Waals surface area contributed by atoms with Gasteiger partial charge in [0.05, 0.1) is 5.52 Å². The Bertz CT molecular complexity index is 690. The van der Waals surface area contributed by atoms with Gasteiger partial charge in [0.25, 0.3) is 0 Å². The predicted octanol–water partition coefficient (Wildman–Crippen LogP) is 2.66. The Morgan fingerprint density at radius 3 is 2.88 bits per heavy atom. The quantitative estimate of drug-likeness (QED) is 0.716. The van der Waals surface area contributed by atoms with Crippen LogP contribution in [0.15, 0.2) is 42.7 Å². The number of fused-ring (bicyclic) bond motifs is 1. The Morgan fingerprint density at radius 2 is 2.06 bits per heavy atom. The molecule has 0 spiro atoms. The molecule has 2 aromatic heterocycles. The maximum Gasteiger partial charge on any atom is 0.221 e. The van der Waals surface area contributed by atoms with Crippen LogP contribution in [0.1, 0.15) is 0 Å². The van der Waals surface area contributed by atoms with Crippen LogP contribution in [0.25, 0.3) is 16.7 Å². The lowest BCUT2D eigenvalue weighted by molar-refractivity contribution is 1.02. The van der Waals surface area contributed by atoms with E-state index < -0.39 is 0 Å². The summed E-state index contributed by atoms with van der Waals surface area (Å²) in [6, 6.07) is 9.52. The highest BCUT2D eigenvalue weighted by molar-refractivity contribution is 6.31. The fourth-order valence-electron chi connectivity index (χ4n) is 1.81. The average Bonchev–Trinajstić information content (AvgIpc) is 2.71. The molecule has 0 saturated heterocycles. The van der Waals surface area contributed by atoms with Crippen LogP contribution in [-0.4, -0.2) is 14.5 Å². The summed E-state index contributed by atoms with van der Waals surface area (Å²) in [7, 11) is 0. The van der Waals surface area contributed by atoms with Crippen LogP contribution in [0.4, 0.5) is 5.95 Å². The van der Waals surface area contributed by atoms with Crippen LogP contribution in [0.3, 0.4) is 0 Å². The van der Waals surface area contributed by atoms with E-state index in [1.807, 2.05) is 41.1 Å². The summed E-state index contributed by atoms with van der Waals surface area (Å²) in [5, 5.41) is 1.78. The number of nitrogen functional groups attached to an aromatic ring is 1. The van der Waals surface area contributed by atoms with Crippen molar-refractivity contribution >= 4 is 28.5 Å². The van der Waals surface area contributed by atoms with Crippen molar-refractivity contribution in [1.29, 1.82) is 0 Å². The highest BCUT2D eigenvalue weighted by atomic mass is 35.5. The molecule has 0 aliphatic rings. The minimum Gasteiger partial charge on any atom is -0.368 e. The third-order valence-corrected chi connectivity index (χ3v) is 2.79. The molecule has 5 heteroatoms. The van der Waals surface area contributed by atoms with E-state index in [0.717, 1.165) is 21.7 Å². The molecule has 2 N–H and O–H groups in total. The largest absolute Gasteiger partial charge is 0.368 e. The van der Waals surface area contributed by atoms with Crippen molar-refractivity contribution in [3.05, 3.63) is 47.7 Å². The standard InChI is InChI=1S/C12H9ClN4/c13-9-1-2-10-8(7-9)4-6-17(10)11-3-5-15-12(14)16-11/h1-7H,(H2,14,15,16). The van der Waals surface area contributed by atoms with Gasteiger partial charge in [-0.2, -0.15) is 4.98 Å². The summed E-state index contributed by atoms with van der Waals surface area (Å²) < 4.78 is 1.95. The summed E-state index contributed by atoms with van der Waals surface area (Å²) in [6.45, 7) is 0.